The van der Waals surface area contributed by atoms with Crippen molar-refractivity contribution < 1.29 is 14.3 Å². The van der Waals surface area contributed by atoms with Crippen molar-refractivity contribution in [2.75, 3.05) is 26.2 Å². The number of nitrogens with zero attached hydrogens (tertiary/aromatic N) is 5. The number of amides is 2. The summed E-state index contributed by atoms with van der Waals surface area (Å²) in [7, 11) is 0. The number of aromatic nitrogens is 3. The normalized spacial score (nSPS) is 14.7. The van der Waals surface area contributed by atoms with Crippen molar-refractivity contribution in [2.45, 2.75) is 33.3 Å². The second-order valence-electron chi connectivity index (χ2n) is 8.76. The minimum atomic E-state index is -0.538. The number of carbonyl (C=O) groups is 2. The van der Waals surface area contributed by atoms with E-state index >= 15 is 0 Å². The molecule has 1 aromatic carbocycles. The third-order valence-electron chi connectivity index (χ3n) is 5.14. The lowest BCUT2D eigenvalue weighted by Gasteiger charge is -2.35. The van der Waals surface area contributed by atoms with Gasteiger partial charge >= 0.3 is 6.09 Å². The fourth-order valence-electron chi connectivity index (χ4n) is 3.52. The van der Waals surface area contributed by atoms with Gasteiger partial charge in [0.2, 0.25) is 0 Å². The highest BCUT2D eigenvalue weighted by Crippen LogP contribution is 2.23. The maximum atomic E-state index is 13.1. The Balaban J connectivity index is 1.50. The van der Waals surface area contributed by atoms with Gasteiger partial charge in [-0.25, -0.2) is 9.78 Å². The Kier molecular flexibility index (Phi) is 5.39. The fraction of sp³-hybridized carbons (Fsp3) is 0.391. The minimum absolute atomic E-state index is 0.151. The van der Waals surface area contributed by atoms with E-state index in [9.17, 15) is 9.59 Å². The maximum absolute atomic E-state index is 13.1. The van der Waals surface area contributed by atoms with Crippen molar-refractivity contribution >= 4 is 17.6 Å². The average Bonchev–Trinajstić information content (AvgIpc) is 3.17. The summed E-state index contributed by atoms with van der Waals surface area (Å²) in [5.41, 5.74) is 3.32. The van der Waals surface area contributed by atoms with Crippen LogP contribution in [0.15, 0.2) is 42.9 Å². The summed E-state index contributed by atoms with van der Waals surface area (Å²) in [5.74, 6) is -0.151. The molecule has 31 heavy (non-hydrogen) atoms. The zero-order chi connectivity index (χ0) is 22.2. The summed E-state index contributed by atoms with van der Waals surface area (Å²) < 4.78 is 7.25. The molecule has 0 radical (unpaired) electrons. The van der Waals surface area contributed by atoms with E-state index in [1.807, 2.05) is 56.4 Å². The van der Waals surface area contributed by atoms with Crippen LogP contribution in [0.1, 0.15) is 36.8 Å². The summed E-state index contributed by atoms with van der Waals surface area (Å²) in [4.78, 5) is 37.7. The highest BCUT2D eigenvalue weighted by atomic mass is 16.6. The van der Waals surface area contributed by atoms with Crippen LogP contribution >= 0.6 is 0 Å². The Labute approximate surface area is 181 Å². The number of aryl methyl sites for hydroxylation is 1. The molecule has 0 aliphatic carbocycles. The van der Waals surface area contributed by atoms with Crippen molar-refractivity contribution in [3.8, 4) is 11.3 Å². The summed E-state index contributed by atoms with van der Waals surface area (Å²) in [6, 6.07) is 8.06. The van der Waals surface area contributed by atoms with Gasteiger partial charge in [-0.05, 0) is 27.7 Å². The zero-order valence-corrected chi connectivity index (χ0v) is 18.3. The van der Waals surface area contributed by atoms with Crippen LogP contribution < -0.4 is 0 Å². The highest BCUT2D eigenvalue weighted by molar-refractivity contribution is 5.94. The van der Waals surface area contributed by atoms with E-state index in [1.165, 1.54) is 5.56 Å². The summed E-state index contributed by atoms with van der Waals surface area (Å²) >= 11 is 0. The van der Waals surface area contributed by atoms with Crippen molar-refractivity contribution in [1.82, 2.24) is 24.2 Å². The average molecular weight is 422 g/mol. The molecule has 0 atom stereocenters. The van der Waals surface area contributed by atoms with Crippen molar-refractivity contribution in [2.24, 2.45) is 0 Å². The second kappa shape index (κ2) is 8.02. The first-order valence-corrected chi connectivity index (χ1v) is 10.4. The van der Waals surface area contributed by atoms with Crippen molar-refractivity contribution in [3.63, 3.8) is 0 Å². The van der Waals surface area contributed by atoms with Crippen LogP contribution in [0.3, 0.4) is 0 Å². The molecule has 4 rings (SSSR count). The molecule has 0 bridgehead atoms. The molecule has 0 unspecified atom stereocenters. The predicted octanol–water partition coefficient (Wildman–Crippen LogP) is 3.40. The molecule has 162 valence electrons. The van der Waals surface area contributed by atoms with Gasteiger partial charge in [-0.15, -0.1) is 0 Å². The number of rotatable bonds is 2. The smallest absolute Gasteiger partial charge is 0.410 e. The Morgan fingerprint density at radius 2 is 1.65 bits per heavy atom. The number of hydrogen-bond acceptors (Lipinski definition) is 5. The number of carbonyl (C=O) groups excluding carboxylic acids is 2. The van der Waals surface area contributed by atoms with Gasteiger partial charge in [0.1, 0.15) is 17.0 Å². The molecular weight excluding hydrogens is 394 g/mol. The molecule has 2 aromatic heterocycles. The molecule has 0 spiro atoms. The van der Waals surface area contributed by atoms with E-state index in [0.29, 0.717) is 37.5 Å². The number of hydrogen-bond donors (Lipinski definition) is 0. The van der Waals surface area contributed by atoms with Crippen molar-refractivity contribution in [1.29, 1.82) is 0 Å². The predicted molar refractivity (Wildman–Crippen MR) is 117 cm³/mol. The van der Waals surface area contributed by atoms with Gasteiger partial charge < -0.3 is 18.9 Å². The molecule has 1 fully saturated rings. The Morgan fingerprint density at radius 3 is 2.29 bits per heavy atom. The van der Waals surface area contributed by atoms with E-state index in [0.717, 1.165) is 11.3 Å². The van der Waals surface area contributed by atoms with Crippen LogP contribution in [0, 0.1) is 6.92 Å². The summed E-state index contributed by atoms with van der Waals surface area (Å²) in [5, 5.41) is 0. The van der Waals surface area contributed by atoms with Crippen LogP contribution in [-0.2, 0) is 4.74 Å². The lowest BCUT2D eigenvalue weighted by atomic mass is 10.1. The topological polar surface area (TPSA) is 80.0 Å². The van der Waals surface area contributed by atoms with Crippen LogP contribution in [-0.4, -0.2) is 67.9 Å². The Bertz CT molecular complexity index is 1110. The molecule has 1 aliphatic heterocycles. The first-order chi connectivity index (χ1) is 14.7. The van der Waals surface area contributed by atoms with Gasteiger partial charge in [0, 0.05) is 50.3 Å². The largest absolute Gasteiger partial charge is 0.444 e. The second-order valence-corrected chi connectivity index (χ2v) is 8.76. The number of ether oxygens (including phenoxy) is 1. The molecule has 8 nitrogen and oxygen atoms in total. The molecule has 8 heteroatoms. The lowest BCUT2D eigenvalue weighted by Crippen LogP contribution is -2.51. The Hall–Kier alpha value is -3.42. The Morgan fingerprint density at radius 1 is 1.00 bits per heavy atom. The molecule has 3 heterocycles. The number of imidazole rings is 1. The summed E-state index contributed by atoms with van der Waals surface area (Å²) in [6.45, 7) is 9.31. The minimum Gasteiger partial charge on any atom is -0.444 e. The number of piperazine rings is 1. The molecule has 1 aliphatic rings. The molecule has 0 saturated carbocycles. The quantitative estimate of drug-likeness (QED) is 0.634. The molecule has 3 aromatic rings. The third kappa shape index (κ3) is 4.52. The monoisotopic (exact) mass is 421 g/mol. The van der Waals surface area contributed by atoms with E-state index in [4.69, 9.17) is 4.74 Å². The zero-order valence-electron chi connectivity index (χ0n) is 18.3. The van der Waals surface area contributed by atoms with E-state index in [2.05, 4.69) is 9.97 Å². The highest BCUT2D eigenvalue weighted by Gasteiger charge is 2.29. The molecule has 2 amide bonds. The van der Waals surface area contributed by atoms with Crippen LogP contribution in [0.2, 0.25) is 0 Å². The maximum Gasteiger partial charge on any atom is 0.410 e. The van der Waals surface area contributed by atoms with E-state index in [-0.39, 0.29) is 12.0 Å². The van der Waals surface area contributed by atoms with E-state index in [1.54, 1.807) is 28.4 Å². The van der Waals surface area contributed by atoms with E-state index < -0.39 is 5.60 Å². The van der Waals surface area contributed by atoms with Gasteiger partial charge in [-0.3, -0.25) is 9.78 Å². The molecular formula is C23H27N5O3. The number of fused-ring (bicyclic) bond motifs is 1. The first-order valence-electron chi connectivity index (χ1n) is 10.4. The first kappa shape index (κ1) is 20.8. The van der Waals surface area contributed by atoms with Gasteiger partial charge in [-0.1, -0.05) is 29.8 Å². The van der Waals surface area contributed by atoms with Crippen LogP contribution in [0.4, 0.5) is 4.79 Å². The lowest BCUT2D eigenvalue weighted by molar-refractivity contribution is 0.0140. The van der Waals surface area contributed by atoms with Gasteiger partial charge in [-0.2, -0.15) is 0 Å². The number of benzene rings is 1. The van der Waals surface area contributed by atoms with Crippen LogP contribution in [0.5, 0.6) is 0 Å². The van der Waals surface area contributed by atoms with Crippen molar-refractivity contribution in [3.05, 3.63) is 54.1 Å². The van der Waals surface area contributed by atoms with Crippen LogP contribution in [0.25, 0.3) is 16.9 Å². The molecule has 0 N–H and O–H groups in total. The fourth-order valence-corrected chi connectivity index (χ4v) is 3.52. The SMILES string of the molecule is Cc1ccc(-c2nccn3cc(C(=O)N4CCN(C(=O)OC(C)(C)C)CC4)nc23)cc1. The van der Waals surface area contributed by atoms with Gasteiger partial charge in [0.25, 0.3) is 5.91 Å². The third-order valence-corrected chi connectivity index (χ3v) is 5.14. The van der Waals surface area contributed by atoms with Gasteiger partial charge in [0.15, 0.2) is 5.65 Å². The summed E-state index contributed by atoms with van der Waals surface area (Å²) in [6.07, 6.45) is 4.88. The molecule has 1 saturated heterocycles. The van der Waals surface area contributed by atoms with Gasteiger partial charge in [0.05, 0.1) is 0 Å². The standard InChI is InChI=1S/C23H27N5O3/c1-16-5-7-17(8-6-16)19-20-25-18(15-28(20)10-9-24-19)21(29)26-11-13-27(14-12-26)22(30)31-23(2,3)4/h5-10,15H,11-14H2,1-4H3.